The van der Waals surface area contributed by atoms with E-state index in [-0.39, 0.29) is 17.3 Å². The zero-order valence-corrected chi connectivity index (χ0v) is 27.6. The molecule has 0 fully saturated rings. The number of benzene rings is 5. The van der Waals surface area contributed by atoms with E-state index < -0.39 is 0 Å². The molecule has 7 aromatic rings. The number of furan rings is 1. The standard InChI is InChI=1S/C46H33N3O/c1-46-37(25-26-41-42(46)38-13-7-8-14-40(38)50-41)24-23-31-18-21-35(28-39(31)46)30-15-19-33(20-16-30)44-47-43(32-10-3-2-4-11-32)48-45(49-44)36-22-17-29-9-5-6-12-34(29)27-36/h2-19,21-28,33,37H,20H2,1H3. The maximum Gasteiger partial charge on any atom is 0.163 e. The van der Waals surface area contributed by atoms with Gasteiger partial charge in [0.15, 0.2) is 11.6 Å². The molecule has 0 radical (unpaired) electrons. The Hall–Kier alpha value is -6.13. The Morgan fingerprint density at radius 2 is 1.40 bits per heavy atom. The maximum atomic E-state index is 6.36. The van der Waals surface area contributed by atoms with Crippen LogP contribution in [0.15, 0.2) is 150 Å². The average Bonchev–Trinajstić information content (AvgIpc) is 3.58. The minimum Gasteiger partial charge on any atom is -0.456 e. The lowest BCUT2D eigenvalue weighted by molar-refractivity contribution is 0.461. The van der Waals surface area contributed by atoms with E-state index in [0.717, 1.165) is 34.7 Å². The monoisotopic (exact) mass is 643 g/mol. The number of hydrogen-bond donors (Lipinski definition) is 0. The third-order valence-electron chi connectivity index (χ3n) is 10.8. The molecule has 10 rings (SSSR count). The van der Waals surface area contributed by atoms with Crippen molar-refractivity contribution in [1.29, 1.82) is 0 Å². The van der Waals surface area contributed by atoms with Crippen LogP contribution >= 0.6 is 0 Å². The molecular weight excluding hydrogens is 611 g/mol. The molecule has 3 atom stereocenters. The van der Waals surface area contributed by atoms with Crippen molar-refractivity contribution in [3.63, 3.8) is 0 Å². The van der Waals surface area contributed by atoms with Gasteiger partial charge in [-0.1, -0.05) is 140 Å². The van der Waals surface area contributed by atoms with Crippen molar-refractivity contribution in [2.45, 2.75) is 24.7 Å². The number of nitrogens with zero attached hydrogens (tertiary/aromatic N) is 3. The van der Waals surface area contributed by atoms with E-state index in [1.165, 1.54) is 44.0 Å². The van der Waals surface area contributed by atoms with Crippen molar-refractivity contribution >= 4 is 39.5 Å². The maximum absolute atomic E-state index is 6.36. The Bertz CT molecular complexity index is 2610. The lowest BCUT2D eigenvalue weighted by atomic mass is 9.60. The predicted octanol–water partition coefficient (Wildman–Crippen LogP) is 11.2. The Morgan fingerprint density at radius 3 is 2.26 bits per heavy atom. The summed E-state index contributed by atoms with van der Waals surface area (Å²) in [5, 5.41) is 3.56. The summed E-state index contributed by atoms with van der Waals surface area (Å²) >= 11 is 0. The summed E-state index contributed by atoms with van der Waals surface area (Å²) in [5.41, 5.74) is 8.98. The summed E-state index contributed by atoms with van der Waals surface area (Å²) in [7, 11) is 0. The molecule has 5 aromatic carbocycles. The molecule has 0 N–H and O–H groups in total. The van der Waals surface area contributed by atoms with Crippen molar-refractivity contribution in [3.8, 4) is 22.8 Å². The molecule has 0 saturated heterocycles. The van der Waals surface area contributed by atoms with Crippen LogP contribution in [-0.4, -0.2) is 15.0 Å². The first-order valence-corrected chi connectivity index (χ1v) is 17.3. The fourth-order valence-corrected chi connectivity index (χ4v) is 8.13. The number of rotatable bonds is 4. The van der Waals surface area contributed by atoms with Crippen LogP contribution in [0.2, 0.25) is 0 Å². The second-order valence-electron chi connectivity index (χ2n) is 13.7. The molecule has 3 aliphatic carbocycles. The van der Waals surface area contributed by atoms with Gasteiger partial charge in [0.1, 0.15) is 17.2 Å². The van der Waals surface area contributed by atoms with E-state index in [1.807, 2.05) is 24.3 Å². The Kier molecular flexibility index (Phi) is 6.47. The molecule has 0 aliphatic heterocycles. The summed E-state index contributed by atoms with van der Waals surface area (Å²) in [5.74, 6) is 3.42. The van der Waals surface area contributed by atoms with Crippen molar-refractivity contribution < 1.29 is 4.42 Å². The summed E-state index contributed by atoms with van der Waals surface area (Å²) in [6, 6.07) is 40.4. The summed E-state index contributed by atoms with van der Waals surface area (Å²) in [6.07, 6.45) is 16.7. The van der Waals surface area contributed by atoms with Gasteiger partial charge in [-0.2, -0.15) is 0 Å². The fourth-order valence-electron chi connectivity index (χ4n) is 8.13. The molecule has 4 heteroatoms. The van der Waals surface area contributed by atoms with Crippen LogP contribution in [0.4, 0.5) is 0 Å². The highest BCUT2D eigenvalue weighted by molar-refractivity contribution is 5.90. The van der Waals surface area contributed by atoms with Gasteiger partial charge in [-0.3, -0.25) is 0 Å². The Morgan fingerprint density at radius 1 is 0.640 bits per heavy atom. The lowest BCUT2D eigenvalue weighted by Gasteiger charge is -2.41. The van der Waals surface area contributed by atoms with Gasteiger partial charge < -0.3 is 4.42 Å². The Balaban J connectivity index is 1.01. The number of hydrogen-bond acceptors (Lipinski definition) is 4. The van der Waals surface area contributed by atoms with Crippen LogP contribution in [0.25, 0.3) is 62.2 Å². The third kappa shape index (κ3) is 4.56. The van der Waals surface area contributed by atoms with E-state index >= 15 is 0 Å². The highest BCUT2D eigenvalue weighted by Gasteiger charge is 2.44. The number of fused-ring (bicyclic) bond motifs is 8. The second kappa shape index (κ2) is 11.2. The van der Waals surface area contributed by atoms with Gasteiger partial charge in [0.05, 0.1) is 0 Å². The predicted molar refractivity (Wildman–Crippen MR) is 203 cm³/mol. The minimum atomic E-state index is -0.240. The van der Waals surface area contributed by atoms with E-state index in [1.54, 1.807) is 0 Å². The van der Waals surface area contributed by atoms with Crippen LogP contribution in [0, 0.1) is 5.92 Å². The zero-order valence-electron chi connectivity index (χ0n) is 27.6. The molecular formula is C46H33N3O. The smallest absolute Gasteiger partial charge is 0.163 e. The van der Waals surface area contributed by atoms with Crippen molar-refractivity contribution in [2.75, 3.05) is 0 Å². The van der Waals surface area contributed by atoms with Gasteiger partial charge in [0.25, 0.3) is 0 Å². The molecule has 50 heavy (non-hydrogen) atoms. The van der Waals surface area contributed by atoms with Gasteiger partial charge >= 0.3 is 0 Å². The van der Waals surface area contributed by atoms with E-state index in [4.69, 9.17) is 19.4 Å². The van der Waals surface area contributed by atoms with Gasteiger partial charge in [-0.25, -0.2) is 15.0 Å². The van der Waals surface area contributed by atoms with Crippen LogP contribution in [-0.2, 0) is 5.41 Å². The van der Waals surface area contributed by atoms with Gasteiger partial charge in [-0.15, -0.1) is 0 Å². The first-order chi connectivity index (χ1) is 24.6. The zero-order chi connectivity index (χ0) is 33.2. The molecule has 0 amide bonds. The van der Waals surface area contributed by atoms with Crippen LogP contribution in [0.1, 0.15) is 53.1 Å². The van der Waals surface area contributed by atoms with Crippen LogP contribution in [0.5, 0.6) is 0 Å². The SMILES string of the molecule is CC12c3cc(C4=CCC(c5nc(-c6ccccc6)nc(-c6ccc7ccccc7c6)n5)C=C4)ccc3C=CC1C=Cc1oc3ccccc3c12. The van der Waals surface area contributed by atoms with Gasteiger partial charge in [-0.05, 0) is 63.7 Å². The molecule has 2 heterocycles. The summed E-state index contributed by atoms with van der Waals surface area (Å²) in [6.45, 7) is 2.38. The highest BCUT2D eigenvalue weighted by atomic mass is 16.3. The first kappa shape index (κ1) is 28.8. The van der Waals surface area contributed by atoms with Crippen LogP contribution in [0.3, 0.4) is 0 Å². The molecule has 3 unspecified atom stereocenters. The molecule has 2 aromatic heterocycles. The van der Waals surface area contributed by atoms with Gasteiger partial charge in [0.2, 0.25) is 0 Å². The third-order valence-corrected chi connectivity index (χ3v) is 10.8. The Labute approximate surface area is 290 Å². The molecule has 3 aliphatic rings. The molecule has 0 saturated carbocycles. The van der Waals surface area contributed by atoms with Crippen molar-refractivity contribution in [3.05, 3.63) is 179 Å². The van der Waals surface area contributed by atoms with Gasteiger partial charge in [0, 0.05) is 39.3 Å². The average molecular weight is 644 g/mol. The first-order valence-electron chi connectivity index (χ1n) is 17.3. The quantitative estimate of drug-likeness (QED) is 0.191. The minimum absolute atomic E-state index is 0.0363. The molecule has 4 nitrogen and oxygen atoms in total. The second-order valence-corrected chi connectivity index (χ2v) is 13.7. The largest absolute Gasteiger partial charge is 0.456 e. The lowest BCUT2D eigenvalue weighted by Crippen LogP contribution is -2.36. The number of aromatic nitrogens is 3. The van der Waals surface area contributed by atoms with Crippen molar-refractivity contribution in [1.82, 2.24) is 15.0 Å². The number of para-hydroxylation sites is 1. The molecule has 0 bridgehead atoms. The topological polar surface area (TPSA) is 51.8 Å². The summed E-state index contributed by atoms with van der Waals surface area (Å²) < 4.78 is 6.36. The fraction of sp³-hybridized carbons (Fsp3) is 0.109. The molecule has 0 spiro atoms. The highest BCUT2D eigenvalue weighted by Crippen LogP contribution is 2.52. The normalized spacial score (nSPS) is 20.4. The van der Waals surface area contributed by atoms with Crippen molar-refractivity contribution in [2.24, 2.45) is 5.92 Å². The number of allylic oxidation sites excluding steroid dienone is 6. The van der Waals surface area contributed by atoms with E-state index in [2.05, 4.69) is 140 Å². The summed E-state index contributed by atoms with van der Waals surface area (Å²) in [4.78, 5) is 15.1. The van der Waals surface area contributed by atoms with E-state index in [9.17, 15) is 0 Å². The van der Waals surface area contributed by atoms with E-state index in [0.29, 0.717) is 11.6 Å². The van der Waals surface area contributed by atoms with Crippen LogP contribution < -0.4 is 0 Å². The molecule has 238 valence electrons.